The van der Waals surface area contributed by atoms with Crippen LogP contribution < -0.4 is 4.90 Å². The topological polar surface area (TPSA) is 43.7 Å². The zero-order valence-electron chi connectivity index (χ0n) is 13.5. The number of anilines is 1. The van der Waals surface area contributed by atoms with E-state index in [1.54, 1.807) is 0 Å². The molecule has 1 aromatic carbocycles. The minimum absolute atomic E-state index is 0.307. The number of nitrogens with zero attached hydrogens (tertiary/aromatic N) is 1. The highest BCUT2D eigenvalue weighted by atomic mass is 79.9. The Morgan fingerprint density at radius 1 is 0.682 bits per heavy atom. The van der Waals surface area contributed by atoms with E-state index in [-0.39, 0.29) is 0 Å². The molecule has 1 aromatic rings. The van der Waals surface area contributed by atoms with Gasteiger partial charge < -0.3 is 15.1 Å². The summed E-state index contributed by atoms with van der Waals surface area (Å²) in [4.78, 5) is 2.46. The molecular formula is C18H30BrNO2. The maximum absolute atomic E-state index is 8.83. The summed E-state index contributed by atoms with van der Waals surface area (Å²) in [6.45, 7) is 2.77. The second-order valence-electron chi connectivity index (χ2n) is 5.74. The van der Waals surface area contributed by atoms with Crippen LogP contribution in [0.5, 0.6) is 0 Å². The van der Waals surface area contributed by atoms with Crippen molar-refractivity contribution in [3.63, 3.8) is 0 Å². The normalized spacial score (nSPS) is 10.9. The van der Waals surface area contributed by atoms with Crippen LogP contribution in [0.4, 0.5) is 5.69 Å². The van der Waals surface area contributed by atoms with Crippen LogP contribution in [-0.4, -0.2) is 36.5 Å². The van der Waals surface area contributed by atoms with Crippen molar-refractivity contribution in [1.82, 2.24) is 0 Å². The Morgan fingerprint density at radius 2 is 1.14 bits per heavy atom. The minimum Gasteiger partial charge on any atom is -0.396 e. The van der Waals surface area contributed by atoms with E-state index >= 15 is 0 Å². The van der Waals surface area contributed by atoms with E-state index < -0.39 is 0 Å². The Balaban J connectivity index is 2.40. The van der Waals surface area contributed by atoms with Gasteiger partial charge in [-0.2, -0.15) is 0 Å². The van der Waals surface area contributed by atoms with Gasteiger partial charge in [-0.3, -0.25) is 0 Å². The molecular weight excluding hydrogens is 342 g/mol. The quantitative estimate of drug-likeness (QED) is 0.506. The fourth-order valence-electron chi connectivity index (χ4n) is 2.56. The predicted molar refractivity (Wildman–Crippen MR) is 97.5 cm³/mol. The maximum atomic E-state index is 8.83. The smallest absolute Gasteiger partial charge is 0.0431 e. The van der Waals surface area contributed by atoms with Gasteiger partial charge in [0, 0.05) is 36.5 Å². The Morgan fingerprint density at radius 3 is 1.59 bits per heavy atom. The lowest BCUT2D eigenvalue weighted by Crippen LogP contribution is -2.25. The third-order valence-corrected chi connectivity index (χ3v) is 4.39. The van der Waals surface area contributed by atoms with Gasteiger partial charge in [-0.05, 0) is 49.9 Å². The second kappa shape index (κ2) is 12.9. The fraction of sp³-hybridized carbons (Fsp3) is 0.667. The molecule has 0 aliphatic carbocycles. The van der Waals surface area contributed by atoms with Crippen molar-refractivity contribution in [2.24, 2.45) is 0 Å². The van der Waals surface area contributed by atoms with Gasteiger partial charge in [0.2, 0.25) is 0 Å². The van der Waals surface area contributed by atoms with E-state index in [4.69, 9.17) is 10.2 Å². The van der Waals surface area contributed by atoms with Crippen molar-refractivity contribution < 1.29 is 10.2 Å². The second-order valence-corrected chi connectivity index (χ2v) is 6.65. The molecule has 0 aliphatic rings. The first-order valence-corrected chi connectivity index (χ1v) is 9.29. The first-order chi connectivity index (χ1) is 10.8. The molecule has 126 valence electrons. The van der Waals surface area contributed by atoms with Crippen LogP contribution in [0, 0.1) is 0 Å². The van der Waals surface area contributed by atoms with Crippen LogP contribution in [0.2, 0.25) is 0 Å². The number of benzene rings is 1. The zero-order chi connectivity index (χ0) is 16.0. The van der Waals surface area contributed by atoms with E-state index in [2.05, 4.69) is 45.1 Å². The molecule has 0 saturated carbocycles. The molecule has 0 saturated heterocycles. The number of rotatable bonds is 13. The first-order valence-electron chi connectivity index (χ1n) is 8.50. The molecule has 0 spiro atoms. The van der Waals surface area contributed by atoms with Crippen molar-refractivity contribution in [1.29, 1.82) is 0 Å². The molecule has 1 rings (SSSR count). The number of aliphatic hydroxyl groups excluding tert-OH is 2. The summed E-state index contributed by atoms with van der Waals surface area (Å²) in [5.74, 6) is 0. The summed E-state index contributed by atoms with van der Waals surface area (Å²) in [7, 11) is 0. The molecule has 0 aliphatic heterocycles. The Labute approximate surface area is 143 Å². The van der Waals surface area contributed by atoms with Gasteiger partial charge in [0.1, 0.15) is 0 Å². The molecule has 0 heterocycles. The summed E-state index contributed by atoms with van der Waals surface area (Å²) < 4.78 is 1.11. The molecule has 2 N–H and O–H groups in total. The molecule has 3 nitrogen and oxygen atoms in total. The number of hydrogen-bond donors (Lipinski definition) is 2. The summed E-state index contributed by atoms with van der Waals surface area (Å²) >= 11 is 3.49. The first kappa shape index (κ1) is 19.5. The molecule has 0 unspecified atom stereocenters. The summed E-state index contributed by atoms with van der Waals surface area (Å²) in [5, 5.41) is 17.7. The van der Waals surface area contributed by atoms with Crippen molar-refractivity contribution in [2.75, 3.05) is 31.2 Å². The van der Waals surface area contributed by atoms with Gasteiger partial charge in [0.15, 0.2) is 0 Å². The molecule has 0 atom stereocenters. The van der Waals surface area contributed by atoms with Crippen LogP contribution in [0.15, 0.2) is 28.7 Å². The molecule has 4 heteroatoms. The number of halogens is 1. The van der Waals surface area contributed by atoms with E-state index in [9.17, 15) is 0 Å². The highest BCUT2D eigenvalue weighted by Crippen LogP contribution is 2.20. The SMILES string of the molecule is OCCCCCCN(CCCCCCO)c1ccc(Br)cc1. The van der Waals surface area contributed by atoms with Crippen molar-refractivity contribution in [3.8, 4) is 0 Å². The fourth-order valence-corrected chi connectivity index (χ4v) is 2.82. The highest BCUT2D eigenvalue weighted by molar-refractivity contribution is 9.10. The summed E-state index contributed by atoms with van der Waals surface area (Å²) in [6, 6.07) is 8.54. The Bertz CT molecular complexity index is 356. The summed E-state index contributed by atoms with van der Waals surface area (Å²) in [5.41, 5.74) is 1.28. The average molecular weight is 372 g/mol. The van der Waals surface area contributed by atoms with Crippen LogP contribution >= 0.6 is 15.9 Å². The molecule has 0 amide bonds. The number of unbranched alkanes of at least 4 members (excludes halogenated alkanes) is 6. The lowest BCUT2D eigenvalue weighted by molar-refractivity contribution is 0.282. The van der Waals surface area contributed by atoms with Crippen LogP contribution in [0.1, 0.15) is 51.4 Å². The third-order valence-electron chi connectivity index (χ3n) is 3.86. The lowest BCUT2D eigenvalue weighted by Gasteiger charge is -2.25. The van der Waals surface area contributed by atoms with Gasteiger partial charge in [-0.1, -0.05) is 41.6 Å². The summed E-state index contributed by atoms with van der Waals surface area (Å²) in [6.07, 6.45) is 8.76. The monoisotopic (exact) mass is 371 g/mol. The van der Waals surface area contributed by atoms with E-state index in [0.29, 0.717) is 13.2 Å². The van der Waals surface area contributed by atoms with Crippen molar-refractivity contribution in [3.05, 3.63) is 28.7 Å². The van der Waals surface area contributed by atoms with Gasteiger partial charge in [-0.15, -0.1) is 0 Å². The predicted octanol–water partition coefficient (Wildman–Crippen LogP) is 4.36. The Kier molecular flexibility index (Phi) is 11.4. The zero-order valence-corrected chi connectivity index (χ0v) is 15.1. The third kappa shape index (κ3) is 8.76. The van der Waals surface area contributed by atoms with Gasteiger partial charge >= 0.3 is 0 Å². The Hall–Kier alpha value is -0.580. The number of hydrogen-bond acceptors (Lipinski definition) is 3. The molecule has 0 bridgehead atoms. The largest absolute Gasteiger partial charge is 0.396 e. The van der Waals surface area contributed by atoms with Crippen molar-refractivity contribution in [2.45, 2.75) is 51.4 Å². The average Bonchev–Trinajstić information content (AvgIpc) is 2.53. The van der Waals surface area contributed by atoms with Crippen molar-refractivity contribution >= 4 is 21.6 Å². The highest BCUT2D eigenvalue weighted by Gasteiger charge is 2.06. The standard InChI is InChI=1S/C18H30BrNO2/c19-17-9-11-18(12-10-17)20(13-5-1-3-7-15-21)14-6-2-4-8-16-22/h9-12,21-22H,1-8,13-16H2. The van der Waals surface area contributed by atoms with E-state index in [0.717, 1.165) is 43.2 Å². The van der Waals surface area contributed by atoms with Gasteiger partial charge in [0.25, 0.3) is 0 Å². The van der Waals surface area contributed by atoms with Gasteiger partial charge in [0.05, 0.1) is 0 Å². The molecule has 0 radical (unpaired) electrons. The molecule has 0 fully saturated rings. The van der Waals surface area contributed by atoms with Crippen LogP contribution in [-0.2, 0) is 0 Å². The van der Waals surface area contributed by atoms with E-state index in [1.165, 1.54) is 31.4 Å². The van der Waals surface area contributed by atoms with Crippen LogP contribution in [0.25, 0.3) is 0 Å². The molecule has 0 aromatic heterocycles. The minimum atomic E-state index is 0.307. The van der Waals surface area contributed by atoms with E-state index in [1.807, 2.05) is 0 Å². The molecule has 22 heavy (non-hydrogen) atoms. The van der Waals surface area contributed by atoms with Crippen LogP contribution in [0.3, 0.4) is 0 Å². The lowest BCUT2D eigenvalue weighted by atomic mass is 10.1. The number of aliphatic hydroxyl groups is 2. The van der Waals surface area contributed by atoms with Gasteiger partial charge in [-0.25, -0.2) is 0 Å². The maximum Gasteiger partial charge on any atom is 0.0431 e.